The van der Waals surface area contributed by atoms with Crippen molar-refractivity contribution in [2.45, 2.75) is 70.6 Å². The maximum atomic E-state index is 13.4. The maximum absolute atomic E-state index is 13.4. The molecule has 0 radical (unpaired) electrons. The SMILES string of the molecule is CC1COC2CC=CC=C2c2cc(C(=O)Nc3ccc(OC(C)(C)C)cc3)cc3nc(C4CC4)n1c23. The number of fused-ring (bicyclic) bond motifs is 2. The highest BCUT2D eigenvalue weighted by molar-refractivity contribution is 6.08. The van der Waals surface area contributed by atoms with Gasteiger partial charge in [0.25, 0.3) is 5.91 Å². The van der Waals surface area contributed by atoms with Crippen LogP contribution in [0.3, 0.4) is 0 Å². The Labute approximate surface area is 212 Å². The summed E-state index contributed by atoms with van der Waals surface area (Å²) in [5.74, 6) is 2.24. The van der Waals surface area contributed by atoms with Crippen LogP contribution in [-0.2, 0) is 4.74 Å². The average Bonchev–Trinajstić information content (AvgIpc) is 3.61. The van der Waals surface area contributed by atoms with E-state index in [1.807, 2.05) is 57.2 Å². The number of amides is 1. The minimum absolute atomic E-state index is 0.0117. The molecule has 6 nitrogen and oxygen atoms in total. The summed E-state index contributed by atoms with van der Waals surface area (Å²) in [5.41, 5.74) is 5.23. The van der Waals surface area contributed by atoms with Gasteiger partial charge in [-0.3, -0.25) is 4.79 Å². The Kier molecular flexibility index (Phi) is 5.52. The smallest absolute Gasteiger partial charge is 0.255 e. The van der Waals surface area contributed by atoms with Crippen LogP contribution in [0.4, 0.5) is 5.69 Å². The summed E-state index contributed by atoms with van der Waals surface area (Å²) in [5, 5.41) is 3.05. The Morgan fingerprint density at radius 2 is 1.94 bits per heavy atom. The molecule has 36 heavy (non-hydrogen) atoms. The highest BCUT2D eigenvalue weighted by atomic mass is 16.5. The standard InChI is InChI=1S/C30H33N3O3/c1-18-17-35-26-8-6-5-7-23(26)24-15-20(16-25-27(24)33(18)28(32-25)19-9-10-19)29(34)31-21-11-13-22(14-12-21)36-30(2,3)4/h5-7,11-16,18-19,26H,8-10,17H2,1-4H3,(H,31,34). The number of anilines is 1. The molecule has 1 fully saturated rings. The number of carbonyl (C=O) groups is 1. The van der Waals surface area contributed by atoms with Gasteiger partial charge in [0.15, 0.2) is 0 Å². The Balaban J connectivity index is 1.40. The third kappa shape index (κ3) is 4.35. The normalized spacial score (nSPS) is 21.4. The van der Waals surface area contributed by atoms with Gasteiger partial charge in [-0.2, -0.15) is 0 Å². The molecule has 3 aliphatic rings. The summed E-state index contributed by atoms with van der Waals surface area (Å²) in [6.45, 7) is 8.90. The van der Waals surface area contributed by atoms with Crippen LogP contribution in [0, 0.1) is 0 Å². The first kappa shape index (κ1) is 23.0. The number of imidazole rings is 1. The molecule has 0 bridgehead atoms. The molecule has 6 rings (SSSR count). The fourth-order valence-corrected chi connectivity index (χ4v) is 5.20. The lowest BCUT2D eigenvalue weighted by molar-refractivity contribution is 0.0693. The fourth-order valence-electron chi connectivity index (χ4n) is 5.20. The molecule has 3 aromatic rings. The fraction of sp³-hybridized carbons (Fsp3) is 0.400. The first-order valence-corrected chi connectivity index (χ1v) is 12.9. The van der Waals surface area contributed by atoms with Crippen LogP contribution < -0.4 is 10.1 Å². The van der Waals surface area contributed by atoms with E-state index in [9.17, 15) is 4.79 Å². The van der Waals surface area contributed by atoms with Gasteiger partial charge in [0.2, 0.25) is 0 Å². The van der Waals surface area contributed by atoms with Crippen LogP contribution in [0.1, 0.15) is 80.7 Å². The van der Waals surface area contributed by atoms with Gasteiger partial charge in [-0.1, -0.05) is 18.2 Å². The van der Waals surface area contributed by atoms with Gasteiger partial charge >= 0.3 is 0 Å². The van der Waals surface area contributed by atoms with Crippen molar-refractivity contribution in [2.75, 3.05) is 11.9 Å². The Hall–Kier alpha value is -3.38. The van der Waals surface area contributed by atoms with Crippen LogP contribution in [0.25, 0.3) is 16.6 Å². The van der Waals surface area contributed by atoms with Gasteiger partial charge in [0.05, 0.1) is 29.8 Å². The van der Waals surface area contributed by atoms with Crippen molar-refractivity contribution in [2.24, 2.45) is 0 Å². The number of allylic oxidation sites excluding steroid dienone is 2. The number of hydrogen-bond donors (Lipinski definition) is 1. The summed E-state index contributed by atoms with van der Waals surface area (Å²) in [6.07, 6.45) is 9.52. The van der Waals surface area contributed by atoms with E-state index in [-0.39, 0.29) is 23.7 Å². The summed E-state index contributed by atoms with van der Waals surface area (Å²) in [4.78, 5) is 18.5. The van der Waals surface area contributed by atoms with Crippen LogP contribution in [0.5, 0.6) is 5.75 Å². The van der Waals surface area contributed by atoms with Gasteiger partial charge in [-0.15, -0.1) is 0 Å². The minimum atomic E-state index is -0.274. The summed E-state index contributed by atoms with van der Waals surface area (Å²) >= 11 is 0. The first-order chi connectivity index (χ1) is 17.3. The molecule has 1 amide bonds. The number of carbonyl (C=O) groups excluding carboxylic acids is 1. The van der Waals surface area contributed by atoms with Crippen molar-refractivity contribution in [3.8, 4) is 5.75 Å². The van der Waals surface area contributed by atoms with Crippen molar-refractivity contribution in [3.63, 3.8) is 0 Å². The summed E-state index contributed by atoms with van der Waals surface area (Å²) in [6, 6.07) is 11.7. The zero-order chi connectivity index (χ0) is 25.0. The van der Waals surface area contributed by atoms with E-state index in [1.54, 1.807) is 0 Å². The number of nitrogens with one attached hydrogen (secondary N) is 1. The Bertz CT molecular complexity index is 1390. The molecule has 1 saturated carbocycles. The number of aromatic nitrogens is 2. The summed E-state index contributed by atoms with van der Waals surface area (Å²) in [7, 11) is 0. The van der Waals surface area contributed by atoms with Gasteiger partial charge in [0, 0.05) is 22.7 Å². The number of hydrogen-bond acceptors (Lipinski definition) is 4. The molecule has 2 aromatic carbocycles. The van der Waals surface area contributed by atoms with Crippen LogP contribution in [0.2, 0.25) is 0 Å². The van der Waals surface area contributed by atoms with Crippen molar-refractivity contribution in [1.82, 2.24) is 9.55 Å². The molecule has 1 aromatic heterocycles. The van der Waals surface area contributed by atoms with E-state index >= 15 is 0 Å². The van der Waals surface area contributed by atoms with E-state index in [1.165, 1.54) is 12.8 Å². The molecule has 2 heterocycles. The Morgan fingerprint density at radius 1 is 1.17 bits per heavy atom. The van der Waals surface area contributed by atoms with E-state index in [2.05, 4.69) is 35.0 Å². The summed E-state index contributed by atoms with van der Waals surface area (Å²) < 4.78 is 14.6. The molecular formula is C30H33N3O3. The van der Waals surface area contributed by atoms with Crippen LogP contribution in [-0.4, -0.2) is 33.8 Å². The first-order valence-electron chi connectivity index (χ1n) is 12.9. The topological polar surface area (TPSA) is 65.4 Å². The zero-order valence-electron chi connectivity index (χ0n) is 21.4. The van der Waals surface area contributed by atoms with E-state index < -0.39 is 0 Å². The predicted molar refractivity (Wildman–Crippen MR) is 143 cm³/mol. The molecule has 0 spiro atoms. The molecule has 186 valence electrons. The van der Waals surface area contributed by atoms with Crippen molar-refractivity contribution in [1.29, 1.82) is 0 Å². The monoisotopic (exact) mass is 483 g/mol. The second-order valence-electron chi connectivity index (χ2n) is 11.2. The number of benzene rings is 2. The van der Waals surface area contributed by atoms with Crippen molar-refractivity contribution >= 4 is 28.2 Å². The lowest BCUT2D eigenvalue weighted by atomic mass is 9.91. The molecule has 1 N–H and O–H groups in total. The largest absolute Gasteiger partial charge is 0.488 e. The van der Waals surface area contributed by atoms with Gasteiger partial charge in [-0.25, -0.2) is 4.98 Å². The quantitative estimate of drug-likeness (QED) is 0.451. The lowest BCUT2D eigenvalue weighted by Crippen LogP contribution is -2.25. The number of rotatable bonds is 4. The minimum Gasteiger partial charge on any atom is -0.488 e. The molecule has 2 aliphatic carbocycles. The number of nitrogens with zero attached hydrogens (tertiary/aromatic N) is 2. The van der Waals surface area contributed by atoms with Crippen LogP contribution in [0.15, 0.2) is 54.6 Å². The maximum Gasteiger partial charge on any atom is 0.255 e. The highest BCUT2D eigenvalue weighted by Crippen LogP contribution is 2.45. The Morgan fingerprint density at radius 3 is 2.67 bits per heavy atom. The third-order valence-corrected chi connectivity index (χ3v) is 6.95. The predicted octanol–water partition coefficient (Wildman–Crippen LogP) is 6.65. The van der Waals surface area contributed by atoms with E-state index in [4.69, 9.17) is 14.5 Å². The second kappa shape index (κ2) is 8.63. The average molecular weight is 484 g/mol. The second-order valence-corrected chi connectivity index (χ2v) is 11.2. The van der Waals surface area contributed by atoms with Gasteiger partial charge < -0.3 is 19.4 Å². The molecule has 6 heteroatoms. The van der Waals surface area contributed by atoms with Crippen molar-refractivity contribution in [3.05, 3.63) is 71.6 Å². The van der Waals surface area contributed by atoms with Crippen molar-refractivity contribution < 1.29 is 14.3 Å². The highest BCUT2D eigenvalue weighted by Gasteiger charge is 2.34. The van der Waals surface area contributed by atoms with Gasteiger partial charge in [0.1, 0.15) is 17.2 Å². The zero-order valence-corrected chi connectivity index (χ0v) is 21.4. The van der Waals surface area contributed by atoms with E-state index in [0.29, 0.717) is 18.1 Å². The van der Waals surface area contributed by atoms with E-state index in [0.717, 1.165) is 45.9 Å². The third-order valence-electron chi connectivity index (χ3n) is 6.95. The lowest BCUT2D eigenvalue weighted by Gasteiger charge is -2.30. The molecule has 2 atom stereocenters. The number of ether oxygens (including phenoxy) is 2. The molecule has 0 saturated heterocycles. The van der Waals surface area contributed by atoms with Gasteiger partial charge in [-0.05, 0) is 88.9 Å². The molecule has 2 unspecified atom stereocenters. The van der Waals surface area contributed by atoms with Crippen LogP contribution >= 0.6 is 0 Å². The molecule has 1 aliphatic heterocycles. The molecular weight excluding hydrogens is 450 g/mol.